The molecule has 0 aliphatic carbocycles. The standard InChI is InChI=1S/C21H16BrClN4S2/c22-17-12-25-20(11-18(17)29-16-8-9-24-19(23)10-16)27-21-26-15(13-28-21)7-6-14-4-2-1-3-5-14/h1-5,8-13H,6-7H2,(H,25,26,27). The van der Waals surface area contributed by atoms with Crippen LogP contribution in [0, 0.1) is 0 Å². The van der Waals surface area contributed by atoms with Crippen molar-refractivity contribution in [3.05, 3.63) is 87.2 Å². The molecule has 29 heavy (non-hydrogen) atoms. The van der Waals surface area contributed by atoms with Gasteiger partial charge in [0.2, 0.25) is 0 Å². The minimum absolute atomic E-state index is 0.476. The van der Waals surface area contributed by atoms with Crippen molar-refractivity contribution in [3.8, 4) is 0 Å². The molecule has 4 aromatic rings. The Kier molecular flexibility index (Phi) is 6.82. The van der Waals surface area contributed by atoms with Crippen molar-refractivity contribution in [3.63, 3.8) is 0 Å². The van der Waals surface area contributed by atoms with Gasteiger partial charge in [-0.25, -0.2) is 15.0 Å². The first-order valence-corrected chi connectivity index (χ1v) is 11.7. The third-order valence-corrected chi connectivity index (χ3v) is 7.00. The second-order valence-corrected chi connectivity index (χ2v) is 9.39. The zero-order valence-electron chi connectivity index (χ0n) is 15.2. The number of benzene rings is 1. The highest BCUT2D eigenvalue weighted by Gasteiger charge is 2.09. The normalized spacial score (nSPS) is 10.8. The Morgan fingerprint density at radius 3 is 2.76 bits per heavy atom. The van der Waals surface area contributed by atoms with Gasteiger partial charge >= 0.3 is 0 Å². The van der Waals surface area contributed by atoms with Crippen LogP contribution in [0.3, 0.4) is 0 Å². The second kappa shape index (κ2) is 9.71. The summed E-state index contributed by atoms with van der Waals surface area (Å²) in [4.78, 5) is 15.2. The maximum absolute atomic E-state index is 5.99. The van der Waals surface area contributed by atoms with E-state index in [-0.39, 0.29) is 0 Å². The number of aromatic nitrogens is 3. The van der Waals surface area contributed by atoms with Crippen LogP contribution in [0.15, 0.2) is 80.6 Å². The van der Waals surface area contributed by atoms with Gasteiger partial charge in [0.15, 0.2) is 5.13 Å². The van der Waals surface area contributed by atoms with E-state index in [1.807, 2.05) is 24.3 Å². The molecule has 0 saturated heterocycles. The predicted octanol–water partition coefficient (Wildman–Crippen LogP) is 7.03. The Labute approximate surface area is 190 Å². The van der Waals surface area contributed by atoms with Crippen molar-refractivity contribution in [1.29, 1.82) is 0 Å². The predicted molar refractivity (Wildman–Crippen MR) is 125 cm³/mol. The van der Waals surface area contributed by atoms with E-state index in [9.17, 15) is 0 Å². The van der Waals surface area contributed by atoms with Crippen molar-refractivity contribution < 1.29 is 0 Å². The van der Waals surface area contributed by atoms with Crippen LogP contribution in [0.2, 0.25) is 5.15 Å². The molecule has 0 saturated carbocycles. The molecule has 3 aromatic heterocycles. The van der Waals surface area contributed by atoms with Crippen LogP contribution >= 0.6 is 50.6 Å². The van der Waals surface area contributed by atoms with E-state index in [2.05, 4.69) is 60.9 Å². The molecule has 0 radical (unpaired) electrons. The first-order chi connectivity index (χ1) is 14.2. The fourth-order valence-electron chi connectivity index (χ4n) is 2.65. The Morgan fingerprint density at radius 2 is 1.93 bits per heavy atom. The smallest absolute Gasteiger partial charge is 0.188 e. The highest BCUT2D eigenvalue weighted by atomic mass is 79.9. The highest BCUT2D eigenvalue weighted by Crippen LogP contribution is 2.35. The Bertz CT molecular complexity index is 1100. The van der Waals surface area contributed by atoms with E-state index < -0.39 is 0 Å². The lowest BCUT2D eigenvalue weighted by Gasteiger charge is -2.07. The van der Waals surface area contributed by atoms with Gasteiger partial charge in [0.25, 0.3) is 0 Å². The lowest BCUT2D eigenvalue weighted by Crippen LogP contribution is -1.95. The summed E-state index contributed by atoms with van der Waals surface area (Å²) < 4.78 is 0.920. The molecule has 1 aromatic carbocycles. The van der Waals surface area contributed by atoms with Crippen LogP contribution in [0.25, 0.3) is 0 Å². The van der Waals surface area contributed by atoms with Gasteiger partial charge < -0.3 is 5.32 Å². The molecule has 0 aliphatic heterocycles. The summed E-state index contributed by atoms with van der Waals surface area (Å²) in [7, 11) is 0. The Balaban J connectivity index is 1.42. The number of aryl methyl sites for hydroxylation is 2. The number of nitrogens with one attached hydrogen (secondary N) is 1. The number of hydrogen-bond donors (Lipinski definition) is 1. The van der Waals surface area contributed by atoms with Gasteiger partial charge in [-0.3, -0.25) is 0 Å². The van der Waals surface area contributed by atoms with Gasteiger partial charge in [-0.1, -0.05) is 53.7 Å². The van der Waals surface area contributed by atoms with Crippen LogP contribution in [0.5, 0.6) is 0 Å². The van der Waals surface area contributed by atoms with Crippen molar-refractivity contribution in [2.24, 2.45) is 0 Å². The van der Waals surface area contributed by atoms with Crippen LogP contribution in [-0.4, -0.2) is 15.0 Å². The Morgan fingerprint density at radius 1 is 1.07 bits per heavy atom. The number of thiazole rings is 1. The SMILES string of the molecule is Clc1cc(Sc2cc(Nc3nc(CCc4ccccc4)cs3)ncc2Br)ccn1. The van der Waals surface area contributed by atoms with Crippen LogP contribution in [-0.2, 0) is 12.8 Å². The lowest BCUT2D eigenvalue weighted by atomic mass is 10.1. The number of rotatable bonds is 7. The first-order valence-electron chi connectivity index (χ1n) is 8.86. The van der Waals surface area contributed by atoms with Gasteiger partial charge in [0.1, 0.15) is 11.0 Å². The number of pyridine rings is 2. The quantitative estimate of drug-likeness (QED) is 0.274. The molecule has 0 fully saturated rings. The summed E-state index contributed by atoms with van der Waals surface area (Å²) in [5.74, 6) is 0.750. The van der Waals surface area contributed by atoms with Crippen LogP contribution < -0.4 is 5.32 Å². The molecular weight excluding hydrogens is 488 g/mol. The van der Waals surface area contributed by atoms with E-state index in [0.717, 1.165) is 43.7 Å². The average molecular weight is 504 g/mol. The summed E-state index contributed by atoms with van der Waals surface area (Å²) in [6, 6.07) is 16.2. The van der Waals surface area contributed by atoms with Gasteiger partial charge in [-0.15, -0.1) is 11.3 Å². The van der Waals surface area contributed by atoms with Crippen LogP contribution in [0.4, 0.5) is 10.9 Å². The first kappa shape index (κ1) is 20.3. The maximum atomic E-state index is 5.99. The molecule has 0 unspecified atom stereocenters. The fraction of sp³-hybridized carbons (Fsp3) is 0.0952. The summed E-state index contributed by atoms with van der Waals surface area (Å²) in [6.07, 6.45) is 5.39. The Hall–Kier alpha value is -1.93. The highest BCUT2D eigenvalue weighted by molar-refractivity contribution is 9.10. The van der Waals surface area contributed by atoms with Crippen molar-refractivity contribution >= 4 is 61.6 Å². The largest absolute Gasteiger partial charge is 0.316 e. The van der Waals surface area contributed by atoms with E-state index >= 15 is 0 Å². The molecule has 4 rings (SSSR count). The molecule has 0 atom stereocenters. The average Bonchev–Trinajstić information content (AvgIpc) is 3.17. The number of anilines is 2. The fourth-order valence-corrected chi connectivity index (χ4v) is 4.97. The van der Waals surface area contributed by atoms with Crippen molar-refractivity contribution in [2.45, 2.75) is 22.6 Å². The van der Waals surface area contributed by atoms with Gasteiger partial charge in [-0.05, 0) is 52.5 Å². The molecular formula is C21H16BrClN4S2. The van der Waals surface area contributed by atoms with E-state index in [1.54, 1.807) is 35.5 Å². The van der Waals surface area contributed by atoms with Crippen molar-refractivity contribution in [2.75, 3.05) is 5.32 Å². The molecule has 0 aliphatic rings. The molecule has 0 bridgehead atoms. The number of halogens is 2. The van der Waals surface area contributed by atoms with Crippen LogP contribution in [0.1, 0.15) is 11.3 Å². The van der Waals surface area contributed by atoms with Gasteiger partial charge in [0, 0.05) is 32.0 Å². The summed E-state index contributed by atoms with van der Waals surface area (Å²) in [5.41, 5.74) is 2.40. The summed E-state index contributed by atoms with van der Waals surface area (Å²) >= 11 is 12.7. The third-order valence-electron chi connectivity index (χ3n) is 4.05. The minimum atomic E-state index is 0.476. The second-order valence-electron chi connectivity index (χ2n) is 6.17. The van der Waals surface area contributed by atoms with Crippen molar-refractivity contribution in [1.82, 2.24) is 15.0 Å². The minimum Gasteiger partial charge on any atom is -0.316 e. The molecule has 4 nitrogen and oxygen atoms in total. The number of nitrogens with zero attached hydrogens (tertiary/aromatic N) is 3. The molecule has 1 N–H and O–H groups in total. The van der Waals surface area contributed by atoms with E-state index in [0.29, 0.717) is 5.15 Å². The zero-order chi connectivity index (χ0) is 20.1. The van der Waals surface area contributed by atoms with E-state index in [4.69, 9.17) is 16.6 Å². The summed E-state index contributed by atoms with van der Waals surface area (Å²) in [5, 5.41) is 6.72. The molecule has 0 spiro atoms. The van der Waals surface area contributed by atoms with Gasteiger partial charge in [0.05, 0.1) is 5.69 Å². The third kappa shape index (κ3) is 5.79. The lowest BCUT2D eigenvalue weighted by molar-refractivity contribution is 0.927. The van der Waals surface area contributed by atoms with Gasteiger partial charge in [-0.2, -0.15) is 0 Å². The molecule has 3 heterocycles. The molecule has 146 valence electrons. The summed E-state index contributed by atoms with van der Waals surface area (Å²) in [6.45, 7) is 0. The zero-order valence-corrected chi connectivity index (χ0v) is 19.2. The maximum Gasteiger partial charge on any atom is 0.188 e. The monoisotopic (exact) mass is 502 g/mol. The topological polar surface area (TPSA) is 50.7 Å². The number of hydrogen-bond acceptors (Lipinski definition) is 6. The molecule has 0 amide bonds. The van der Waals surface area contributed by atoms with E-state index in [1.165, 1.54) is 5.56 Å². The molecule has 8 heteroatoms.